The molecule has 0 bridgehead atoms. The highest BCUT2D eigenvalue weighted by Crippen LogP contribution is 2.26. The van der Waals surface area contributed by atoms with Crippen LogP contribution in [0.3, 0.4) is 0 Å². The van der Waals surface area contributed by atoms with E-state index in [1.54, 1.807) is 0 Å². The first kappa shape index (κ1) is 17.0. The fraction of sp³-hybridized carbons (Fsp3) is 0.176. The zero-order valence-corrected chi connectivity index (χ0v) is 14.2. The molecule has 1 aliphatic rings. The van der Waals surface area contributed by atoms with E-state index in [2.05, 4.69) is 10.3 Å². The van der Waals surface area contributed by atoms with Crippen LogP contribution in [0.1, 0.15) is 10.4 Å². The molecule has 1 aliphatic heterocycles. The largest absolute Gasteiger partial charge is 0.495 e. The molecule has 130 valence electrons. The quantitative estimate of drug-likeness (QED) is 0.849. The predicted octanol–water partition coefficient (Wildman–Crippen LogP) is 1.09. The Morgan fingerprint density at radius 3 is 2.60 bits per heavy atom. The number of aromatic amines is 1. The highest BCUT2D eigenvalue weighted by atomic mass is 32.2. The topological polar surface area (TPSA) is 105 Å². The van der Waals surface area contributed by atoms with Crippen LogP contribution in [0.2, 0.25) is 0 Å². The number of amides is 1. The maximum Gasteiger partial charge on any atom is 0.261 e. The van der Waals surface area contributed by atoms with Crippen molar-refractivity contribution in [3.63, 3.8) is 0 Å². The molecule has 0 saturated heterocycles. The molecular formula is C17H16N2O5S. The smallest absolute Gasteiger partial charge is 0.261 e. The summed E-state index contributed by atoms with van der Waals surface area (Å²) < 4.78 is 28.1. The molecule has 1 aromatic heterocycles. The van der Waals surface area contributed by atoms with Gasteiger partial charge in [0.1, 0.15) is 11.3 Å². The highest BCUT2D eigenvalue weighted by Gasteiger charge is 2.25. The van der Waals surface area contributed by atoms with E-state index in [1.807, 2.05) is 30.3 Å². The van der Waals surface area contributed by atoms with Crippen LogP contribution in [-0.2, 0) is 9.84 Å². The number of sulfone groups is 1. The molecule has 0 unspecified atom stereocenters. The van der Waals surface area contributed by atoms with E-state index in [4.69, 9.17) is 4.74 Å². The number of ether oxygens (including phenoxy) is 1. The van der Waals surface area contributed by atoms with Gasteiger partial charge in [-0.3, -0.25) is 9.59 Å². The lowest BCUT2D eigenvalue weighted by atomic mass is 10.1. The maximum atomic E-state index is 12.3. The van der Waals surface area contributed by atoms with Crippen molar-refractivity contribution in [1.82, 2.24) is 10.3 Å². The van der Waals surface area contributed by atoms with Crippen LogP contribution in [0.5, 0.6) is 5.75 Å². The molecular weight excluding hydrogens is 344 g/mol. The zero-order valence-electron chi connectivity index (χ0n) is 13.4. The van der Waals surface area contributed by atoms with Gasteiger partial charge < -0.3 is 15.0 Å². The Labute approximate surface area is 144 Å². The number of carbonyl (C=O) groups excluding carboxylic acids is 1. The Morgan fingerprint density at radius 1 is 1.28 bits per heavy atom. The summed E-state index contributed by atoms with van der Waals surface area (Å²) in [5.74, 6) is -0.535. The number of H-pyrrole nitrogens is 1. The molecule has 1 aromatic carbocycles. The first-order chi connectivity index (χ1) is 11.9. The van der Waals surface area contributed by atoms with Crippen molar-refractivity contribution >= 4 is 15.7 Å². The monoisotopic (exact) mass is 360 g/mol. The van der Waals surface area contributed by atoms with E-state index in [0.29, 0.717) is 11.4 Å². The van der Waals surface area contributed by atoms with E-state index < -0.39 is 27.3 Å². The number of benzene rings is 1. The fourth-order valence-electron chi connectivity index (χ4n) is 2.57. The minimum absolute atomic E-state index is 0.144. The number of nitrogens with one attached hydrogen (secondary N) is 2. The lowest BCUT2D eigenvalue weighted by Gasteiger charge is -2.12. The number of methoxy groups -OCH3 is 1. The van der Waals surface area contributed by atoms with Gasteiger partial charge in [0.2, 0.25) is 0 Å². The van der Waals surface area contributed by atoms with Gasteiger partial charge in [-0.15, -0.1) is 0 Å². The van der Waals surface area contributed by atoms with Gasteiger partial charge >= 0.3 is 0 Å². The van der Waals surface area contributed by atoms with Crippen molar-refractivity contribution in [2.24, 2.45) is 0 Å². The van der Waals surface area contributed by atoms with Crippen molar-refractivity contribution < 1.29 is 17.9 Å². The van der Waals surface area contributed by atoms with E-state index in [1.165, 1.54) is 19.3 Å². The molecule has 8 heteroatoms. The summed E-state index contributed by atoms with van der Waals surface area (Å²) in [6.45, 7) is 0. The number of rotatable bonds is 4. The second kappa shape index (κ2) is 6.56. The third-order valence-corrected chi connectivity index (χ3v) is 5.17. The average Bonchev–Trinajstić information content (AvgIpc) is 2.93. The zero-order chi connectivity index (χ0) is 18.0. The number of hydrogen-bond acceptors (Lipinski definition) is 5. The van der Waals surface area contributed by atoms with Crippen molar-refractivity contribution in [1.29, 1.82) is 0 Å². The van der Waals surface area contributed by atoms with Crippen molar-refractivity contribution in [3.05, 3.63) is 63.8 Å². The van der Waals surface area contributed by atoms with Gasteiger partial charge in [-0.05, 0) is 6.08 Å². The summed E-state index contributed by atoms with van der Waals surface area (Å²) in [5, 5.41) is 3.58. The summed E-state index contributed by atoms with van der Waals surface area (Å²) in [4.78, 5) is 27.3. The van der Waals surface area contributed by atoms with Gasteiger partial charge in [0.05, 0.1) is 24.6 Å². The number of pyridine rings is 1. The third-order valence-electron chi connectivity index (χ3n) is 3.78. The van der Waals surface area contributed by atoms with Gasteiger partial charge in [-0.2, -0.15) is 0 Å². The van der Waals surface area contributed by atoms with Crippen molar-refractivity contribution in [3.8, 4) is 17.0 Å². The Hall–Kier alpha value is -2.87. The fourth-order valence-corrected chi connectivity index (χ4v) is 3.81. The lowest BCUT2D eigenvalue weighted by Crippen LogP contribution is -2.38. The molecule has 1 atom stereocenters. The average molecular weight is 360 g/mol. The molecule has 25 heavy (non-hydrogen) atoms. The first-order valence-electron chi connectivity index (χ1n) is 7.48. The van der Waals surface area contributed by atoms with Crippen LogP contribution < -0.4 is 15.6 Å². The second-order valence-corrected chi connectivity index (χ2v) is 7.49. The molecule has 0 saturated carbocycles. The summed E-state index contributed by atoms with van der Waals surface area (Å²) in [6, 6.07) is 9.80. The normalized spacial score (nSPS) is 18.0. The van der Waals surface area contributed by atoms with E-state index in [0.717, 1.165) is 11.0 Å². The second-order valence-electron chi connectivity index (χ2n) is 5.56. The molecule has 7 nitrogen and oxygen atoms in total. The van der Waals surface area contributed by atoms with Gasteiger partial charge in [-0.1, -0.05) is 30.3 Å². The van der Waals surface area contributed by atoms with E-state index in [-0.39, 0.29) is 11.3 Å². The van der Waals surface area contributed by atoms with Crippen molar-refractivity contribution in [2.75, 3.05) is 12.9 Å². The summed E-state index contributed by atoms with van der Waals surface area (Å²) >= 11 is 0. The summed E-state index contributed by atoms with van der Waals surface area (Å²) in [6.07, 6.45) is 1.39. The molecule has 3 rings (SSSR count). The molecule has 2 N–H and O–H groups in total. The van der Waals surface area contributed by atoms with Crippen molar-refractivity contribution in [2.45, 2.75) is 6.04 Å². The van der Waals surface area contributed by atoms with Crippen LogP contribution in [0.4, 0.5) is 0 Å². The highest BCUT2D eigenvalue weighted by molar-refractivity contribution is 7.94. The van der Waals surface area contributed by atoms with Gasteiger partial charge in [0, 0.05) is 17.0 Å². The van der Waals surface area contributed by atoms with Crippen LogP contribution in [-0.4, -0.2) is 38.2 Å². The number of hydrogen-bond donors (Lipinski definition) is 2. The van der Waals surface area contributed by atoms with Gasteiger partial charge in [-0.25, -0.2) is 8.42 Å². The standard InChI is InChI=1S/C17H16N2O5S/c1-24-14-9-13(16(20)18-12-7-8-25(22,23)10-12)17(21)19-15(14)11-5-3-2-4-6-11/h2-9,12H,10H2,1H3,(H,18,20)(H,19,21)/t12-/m1/s1. The Balaban J connectivity index is 1.91. The van der Waals surface area contributed by atoms with E-state index >= 15 is 0 Å². The van der Waals surface area contributed by atoms with Crippen LogP contribution in [0.25, 0.3) is 11.3 Å². The number of aromatic nitrogens is 1. The Morgan fingerprint density at radius 2 is 2.00 bits per heavy atom. The molecule has 2 heterocycles. The molecule has 2 aromatic rings. The third kappa shape index (κ3) is 3.63. The van der Waals surface area contributed by atoms with Crippen LogP contribution in [0, 0.1) is 0 Å². The Bertz CT molecular complexity index is 993. The minimum atomic E-state index is -3.29. The van der Waals surface area contributed by atoms with E-state index in [9.17, 15) is 18.0 Å². The molecule has 0 fully saturated rings. The van der Waals surface area contributed by atoms with Gasteiger partial charge in [0.25, 0.3) is 11.5 Å². The SMILES string of the molecule is COc1cc(C(=O)N[C@@H]2C=CS(=O)(=O)C2)c(=O)[nH]c1-c1ccccc1. The lowest BCUT2D eigenvalue weighted by molar-refractivity contribution is 0.0946. The summed E-state index contributed by atoms with van der Waals surface area (Å²) in [5.41, 5.74) is 0.484. The maximum absolute atomic E-state index is 12.3. The number of carbonyl (C=O) groups is 1. The molecule has 0 spiro atoms. The first-order valence-corrected chi connectivity index (χ1v) is 9.20. The molecule has 0 aliphatic carbocycles. The minimum Gasteiger partial charge on any atom is -0.495 e. The molecule has 1 amide bonds. The van der Waals surface area contributed by atoms with Crippen LogP contribution >= 0.6 is 0 Å². The summed E-state index contributed by atoms with van der Waals surface area (Å²) in [7, 11) is -1.86. The molecule has 0 radical (unpaired) electrons. The van der Waals surface area contributed by atoms with Crippen LogP contribution in [0.15, 0.2) is 52.7 Å². The van der Waals surface area contributed by atoms with Gasteiger partial charge in [0.15, 0.2) is 9.84 Å². The predicted molar refractivity (Wildman–Crippen MR) is 93.2 cm³/mol. The Kier molecular flexibility index (Phi) is 4.45.